The van der Waals surface area contributed by atoms with Gasteiger partial charge in [-0.1, -0.05) is 24.3 Å². The van der Waals surface area contributed by atoms with Gasteiger partial charge in [-0.2, -0.15) is 0 Å². The predicted octanol–water partition coefficient (Wildman–Crippen LogP) is 3.57. The normalized spacial score (nSPS) is 16.3. The van der Waals surface area contributed by atoms with Crippen LogP contribution in [0.5, 0.6) is 0 Å². The minimum atomic E-state index is -0.419. The second-order valence-corrected chi connectivity index (χ2v) is 7.05. The SMILES string of the molecule is CN1CCN(Cc2ccccc2C(=O)c2ccc(Br)c(F)c2)CC1. The lowest BCUT2D eigenvalue weighted by molar-refractivity contribution is 0.103. The van der Waals surface area contributed by atoms with E-state index in [4.69, 9.17) is 0 Å². The second-order valence-electron chi connectivity index (χ2n) is 6.19. The molecule has 2 aromatic carbocycles. The number of carbonyl (C=O) groups is 1. The van der Waals surface area contributed by atoms with Crippen LogP contribution in [-0.4, -0.2) is 48.8 Å². The predicted molar refractivity (Wildman–Crippen MR) is 96.7 cm³/mol. The molecule has 0 amide bonds. The molecule has 1 heterocycles. The topological polar surface area (TPSA) is 23.6 Å². The fraction of sp³-hybridized carbons (Fsp3) is 0.316. The third-order valence-electron chi connectivity index (χ3n) is 4.43. The molecule has 0 atom stereocenters. The summed E-state index contributed by atoms with van der Waals surface area (Å²) >= 11 is 3.12. The van der Waals surface area contributed by atoms with E-state index in [-0.39, 0.29) is 5.78 Å². The van der Waals surface area contributed by atoms with Crippen molar-refractivity contribution in [3.63, 3.8) is 0 Å². The highest BCUT2D eigenvalue weighted by atomic mass is 79.9. The Morgan fingerprint density at radius 1 is 1.12 bits per heavy atom. The number of rotatable bonds is 4. The molecule has 0 radical (unpaired) electrons. The zero-order valence-corrected chi connectivity index (χ0v) is 15.2. The van der Waals surface area contributed by atoms with E-state index in [0.29, 0.717) is 15.6 Å². The van der Waals surface area contributed by atoms with Crippen LogP contribution in [-0.2, 0) is 6.54 Å². The van der Waals surface area contributed by atoms with Crippen molar-refractivity contribution < 1.29 is 9.18 Å². The van der Waals surface area contributed by atoms with Gasteiger partial charge >= 0.3 is 0 Å². The summed E-state index contributed by atoms with van der Waals surface area (Å²) in [6.07, 6.45) is 0. The Morgan fingerprint density at radius 3 is 2.54 bits per heavy atom. The van der Waals surface area contributed by atoms with Crippen LogP contribution in [0.1, 0.15) is 21.5 Å². The van der Waals surface area contributed by atoms with E-state index in [0.717, 1.165) is 38.3 Å². The molecule has 1 aliphatic heterocycles. The van der Waals surface area contributed by atoms with E-state index >= 15 is 0 Å². The third kappa shape index (κ3) is 3.91. The van der Waals surface area contributed by atoms with Crippen molar-refractivity contribution in [3.8, 4) is 0 Å². The summed E-state index contributed by atoms with van der Waals surface area (Å²) in [5.41, 5.74) is 2.02. The van der Waals surface area contributed by atoms with Gasteiger partial charge in [0.05, 0.1) is 4.47 Å². The van der Waals surface area contributed by atoms with Crippen molar-refractivity contribution in [2.75, 3.05) is 33.2 Å². The van der Waals surface area contributed by atoms with E-state index < -0.39 is 5.82 Å². The van der Waals surface area contributed by atoms with Crippen molar-refractivity contribution in [1.29, 1.82) is 0 Å². The number of piperazine rings is 1. The Hall–Kier alpha value is -1.56. The summed E-state index contributed by atoms with van der Waals surface area (Å²) in [4.78, 5) is 17.5. The van der Waals surface area contributed by atoms with Crippen LogP contribution in [0.2, 0.25) is 0 Å². The van der Waals surface area contributed by atoms with Crippen LogP contribution in [0.25, 0.3) is 0 Å². The van der Waals surface area contributed by atoms with Crippen molar-refractivity contribution in [2.45, 2.75) is 6.54 Å². The molecular weight excluding hydrogens is 371 g/mol. The molecule has 0 bridgehead atoms. The van der Waals surface area contributed by atoms with Gasteiger partial charge in [-0.25, -0.2) is 4.39 Å². The first-order valence-electron chi connectivity index (χ1n) is 8.03. The van der Waals surface area contributed by atoms with Gasteiger partial charge < -0.3 is 4.90 Å². The first-order chi connectivity index (χ1) is 11.5. The Morgan fingerprint density at radius 2 is 1.83 bits per heavy atom. The van der Waals surface area contributed by atoms with Crippen LogP contribution in [0.15, 0.2) is 46.9 Å². The van der Waals surface area contributed by atoms with Gasteiger partial charge in [-0.15, -0.1) is 0 Å². The van der Waals surface area contributed by atoms with E-state index in [2.05, 4.69) is 32.8 Å². The Labute approximate surface area is 150 Å². The quantitative estimate of drug-likeness (QED) is 0.745. The molecule has 0 N–H and O–H groups in total. The Balaban J connectivity index is 1.83. The Kier molecular flexibility index (Phi) is 5.43. The molecule has 24 heavy (non-hydrogen) atoms. The lowest BCUT2D eigenvalue weighted by Gasteiger charge is -2.32. The lowest BCUT2D eigenvalue weighted by atomic mass is 9.98. The third-order valence-corrected chi connectivity index (χ3v) is 5.08. The van der Waals surface area contributed by atoms with Crippen molar-refractivity contribution in [1.82, 2.24) is 9.80 Å². The first-order valence-corrected chi connectivity index (χ1v) is 8.82. The maximum absolute atomic E-state index is 13.8. The maximum Gasteiger partial charge on any atom is 0.193 e. The molecule has 0 aliphatic carbocycles. The minimum absolute atomic E-state index is 0.133. The number of likely N-dealkylation sites (N-methyl/N-ethyl adjacent to an activating group) is 1. The van der Waals surface area contributed by atoms with Gasteiger partial charge in [0.1, 0.15) is 5.82 Å². The highest BCUT2D eigenvalue weighted by Crippen LogP contribution is 2.21. The average Bonchev–Trinajstić information content (AvgIpc) is 2.59. The van der Waals surface area contributed by atoms with Gasteiger partial charge in [0.15, 0.2) is 5.78 Å². The number of nitrogens with zero attached hydrogens (tertiary/aromatic N) is 2. The summed E-state index contributed by atoms with van der Waals surface area (Å²) in [6, 6.07) is 12.1. The highest BCUT2D eigenvalue weighted by Gasteiger charge is 2.19. The molecule has 5 heteroatoms. The smallest absolute Gasteiger partial charge is 0.193 e. The van der Waals surface area contributed by atoms with Gasteiger partial charge in [-0.05, 0) is 46.7 Å². The van der Waals surface area contributed by atoms with Gasteiger partial charge in [-0.3, -0.25) is 9.69 Å². The van der Waals surface area contributed by atoms with E-state index in [1.165, 1.54) is 6.07 Å². The number of benzene rings is 2. The van der Waals surface area contributed by atoms with Crippen molar-refractivity contribution in [3.05, 3.63) is 69.4 Å². The number of carbonyl (C=O) groups excluding carboxylic acids is 1. The van der Waals surface area contributed by atoms with E-state index in [1.54, 1.807) is 12.1 Å². The minimum Gasteiger partial charge on any atom is -0.304 e. The largest absolute Gasteiger partial charge is 0.304 e. The van der Waals surface area contributed by atoms with Crippen LogP contribution < -0.4 is 0 Å². The summed E-state index contributed by atoms with van der Waals surface area (Å²) in [6.45, 7) is 4.80. The van der Waals surface area contributed by atoms with E-state index in [9.17, 15) is 9.18 Å². The van der Waals surface area contributed by atoms with E-state index in [1.807, 2.05) is 24.3 Å². The highest BCUT2D eigenvalue weighted by molar-refractivity contribution is 9.10. The Bertz CT molecular complexity index is 742. The number of hydrogen-bond donors (Lipinski definition) is 0. The van der Waals surface area contributed by atoms with Crippen molar-refractivity contribution >= 4 is 21.7 Å². The first kappa shape index (κ1) is 17.3. The maximum atomic E-state index is 13.8. The number of ketones is 1. The summed E-state index contributed by atoms with van der Waals surface area (Å²) in [7, 11) is 2.12. The summed E-state index contributed by atoms with van der Waals surface area (Å²) in [5.74, 6) is -0.552. The van der Waals surface area contributed by atoms with Gasteiger partial charge in [0.2, 0.25) is 0 Å². The molecule has 0 aromatic heterocycles. The van der Waals surface area contributed by atoms with Gasteiger partial charge in [0.25, 0.3) is 0 Å². The molecule has 0 spiro atoms. The van der Waals surface area contributed by atoms with Crippen LogP contribution in [0.3, 0.4) is 0 Å². The molecule has 0 saturated carbocycles. The second kappa shape index (κ2) is 7.55. The molecular formula is C19H20BrFN2O. The molecule has 1 fully saturated rings. The molecule has 126 valence electrons. The summed E-state index contributed by atoms with van der Waals surface area (Å²) in [5, 5.41) is 0. The molecule has 1 saturated heterocycles. The average molecular weight is 391 g/mol. The molecule has 3 nitrogen and oxygen atoms in total. The number of halogens is 2. The standard InChI is InChI=1S/C19H20BrFN2O/c1-22-8-10-23(11-9-22)13-15-4-2-3-5-16(15)19(24)14-6-7-17(20)18(21)12-14/h2-7,12H,8-11,13H2,1H3. The van der Waals surface area contributed by atoms with Gasteiger partial charge in [0, 0.05) is 43.9 Å². The molecule has 1 aliphatic rings. The van der Waals surface area contributed by atoms with Crippen LogP contribution >= 0.6 is 15.9 Å². The summed E-state index contributed by atoms with van der Waals surface area (Å²) < 4.78 is 14.1. The van der Waals surface area contributed by atoms with Crippen LogP contribution in [0, 0.1) is 5.82 Å². The van der Waals surface area contributed by atoms with Crippen molar-refractivity contribution in [2.24, 2.45) is 0 Å². The monoisotopic (exact) mass is 390 g/mol. The fourth-order valence-electron chi connectivity index (χ4n) is 2.92. The fourth-order valence-corrected chi connectivity index (χ4v) is 3.17. The molecule has 3 rings (SSSR count). The lowest BCUT2D eigenvalue weighted by Crippen LogP contribution is -2.44. The van der Waals surface area contributed by atoms with Crippen LogP contribution in [0.4, 0.5) is 4.39 Å². The number of hydrogen-bond acceptors (Lipinski definition) is 3. The molecule has 2 aromatic rings. The zero-order valence-electron chi connectivity index (χ0n) is 13.6. The zero-order chi connectivity index (χ0) is 17.1. The molecule has 0 unspecified atom stereocenters.